The number of rotatable bonds is 4. The number of H-pyrrole nitrogens is 1. The van der Waals surface area contributed by atoms with E-state index in [-0.39, 0.29) is 6.10 Å². The molecule has 21 heavy (non-hydrogen) atoms. The standard InChI is InChI=1S/C14H15N5OS/c1-8(2)20-12-11(15)13(17-7-16-12)21-14-18-9-5-3-4-6-10(9)19-14/h3-8H,15H2,1-2H3,(H,18,19). The lowest BCUT2D eigenvalue weighted by Crippen LogP contribution is -2.10. The molecule has 0 saturated carbocycles. The highest BCUT2D eigenvalue weighted by Gasteiger charge is 2.13. The first-order chi connectivity index (χ1) is 10.1. The van der Waals surface area contributed by atoms with Crippen molar-refractivity contribution in [3.63, 3.8) is 0 Å². The van der Waals surface area contributed by atoms with Crippen molar-refractivity contribution in [2.24, 2.45) is 0 Å². The van der Waals surface area contributed by atoms with Gasteiger partial charge in [-0.05, 0) is 37.7 Å². The number of ether oxygens (including phenoxy) is 1. The second-order valence-electron chi connectivity index (χ2n) is 4.73. The highest BCUT2D eigenvalue weighted by molar-refractivity contribution is 7.99. The average molecular weight is 301 g/mol. The van der Waals surface area contributed by atoms with Crippen LogP contribution in [0.15, 0.2) is 40.8 Å². The Morgan fingerprint density at radius 3 is 2.81 bits per heavy atom. The molecule has 0 aliphatic rings. The van der Waals surface area contributed by atoms with Crippen molar-refractivity contribution in [2.45, 2.75) is 30.1 Å². The lowest BCUT2D eigenvalue weighted by molar-refractivity contribution is 0.233. The molecule has 6 nitrogen and oxygen atoms in total. The zero-order valence-corrected chi connectivity index (χ0v) is 12.5. The van der Waals surface area contributed by atoms with Crippen LogP contribution in [-0.4, -0.2) is 26.0 Å². The lowest BCUT2D eigenvalue weighted by Gasteiger charge is -2.11. The molecule has 7 heteroatoms. The molecule has 0 unspecified atom stereocenters. The van der Waals surface area contributed by atoms with Gasteiger partial charge in [-0.2, -0.15) is 4.98 Å². The highest BCUT2D eigenvalue weighted by Crippen LogP contribution is 2.33. The SMILES string of the molecule is CC(C)Oc1ncnc(Sc2nc3ccccc3[nH]2)c1N. The van der Waals surface area contributed by atoms with Gasteiger partial charge in [0.25, 0.3) is 0 Å². The Balaban J connectivity index is 1.90. The van der Waals surface area contributed by atoms with Gasteiger partial charge in [0.1, 0.15) is 17.0 Å². The van der Waals surface area contributed by atoms with Crippen LogP contribution >= 0.6 is 11.8 Å². The molecule has 2 aromatic heterocycles. The predicted molar refractivity (Wildman–Crippen MR) is 82.4 cm³/mol. The van der Waals surface area contributed by atoms with E-state index in [1.807, 2.05) is 38.1 Å². The summed E-state index contributed by atoms with van der Waals surface area (Å²) in [4.78, 5) is 16.0. The van der Waals surface area contributed by atoms with E-state index in [0.717, 1.165) is 16.2 Å². The van der Waals surface area contributed by atoms with E-state index < -0.39 is 0 Å². The molecule has 0 radical (unpaired) electrons. The summed E-state index contributed by atoms with van der Waals surface area (Å²) in [6.07, 6.45) is 1.45. The summed E-state index contributed by atoms with van der Waals surface area (Å²) >= 11 is 1.36. The molecule has 2 heterocycles. The lowest BCUT2D eigenvalue weighted by atomic mass is 10.3. The number of imidazole rings is 1. The smallest absolute Gasteiger partial charge is 0.241 e. The number of nitrogens with zero attached hydrogens (tertiary/aromatic N) is 3. The van der Waals surface area contributed by atoms with Gasteiger partial charge in [0.15, 0.2) is 5.16 Å². The molecule has 3 aromatic rings. The van der Waals surface area contributed by atoms with E-state index in [9.17, 15) is 0 Å². The third-order valence-electron chi connectivity index (χ3n) is 2.72. The minimum atomic E-state index is 0.00579. The molecule has 1 aromatic carbocycles. The Bertz CT molecular complexity index is 738. The van der Waals surface area contributed by atoms with Gasteiger partial charge >= 0.3 is 0 Å². The summed E-state index contributed by atoms with van der Waals surface area (Å²) in [6, 6.07) is 7.84. The molecular formula is C14H15N5OS. The molecule has 0 aliphatic carbocycles. The summed E-state index contributed by atoms with van der Waals surface area (Å²) in [5, 5.41) is 1.36. The van der Waals surface area contributed by atoms with Crippen LogP contribution in [0.3, 0.4) is 0 Å². The van der Waals surface area contributed by atoms with Gasteiger partial charge in [0.2, 0.25) is 5.88 Å². The summed E-state index contributed by atoms with van der Waals surface area (Å²) in [5.41, 5.74) is 8.38. The molecule has 0 atom stereocenters. The van der Waals surface area contributed by atoms with Crippen LogP contribution in [0, 0.1) is 0 Å². The molecular weight excluding hydrogens is 286 g/mol. The summed E-state index contributed by atoms with van der Waals surface area (Å²) in [5.74, 6) is 0.401. The van der Waals surface area contributed by atoms with E-state index in [1.165, 1.54) is 18.1 Å². The minimum Gasteiger partial charge on any atom is -0.473 e. The second kappa shape index (κ2) is 5.61. The molecule has 3 N–H and O–H groups in total. The third-order valence-corrected chi connectivity index (χ3v) is 3.62. The Labute approximate surface area is 126 Å². The maximum atomic E-state index is 6.06. The molecule has 0 fully saturated rings. The van der Waals surface area contributed by atoms with Crippen molar-refractivity contribution in [2.75, 3.05) is 5.73 Å². The Morgan fingerprint density at radius 2 is 2.05 bits per heavy atom. The quantitative estimate of drug-likeness (QED) is 0.720. The van der Waals surface area contributed by atoms with Crippen LogP contribution < -0.4 is 10.5 Å². The predicted octanol–water partition coefficient (Wildman–Crippen LogP) is 2.87. The number of nitrogens with two attached hydrogens (primary N) is 1. The summed E-state index contributed by atoms with van der Waals surface area (Å²) in [7, 11) is 0. The number of para-hydroxylation sites is 2. The van der Waals surface area contributed by atoms with Crippen LogP contribution in [0.5, 0.6) is 5.88 Å². The Hall–Kier alpha value is -2.28. The number of nitrogen functional groups attached to an aromatic ring is 1. The highest BCUT2D eigenvalue weighted by atomic mass is 32.2. The zero-order valence-electron chi connectivity index (χ0n) is 11.7. The van der Waals surface area contributed by atoms with Crippen molar-refractivity contribution >= 4 is 28.5 Å². The van der Waals surface area contributed by atoms with E-state index in [4.69, 9.17) is 10.5 Å². The summed E-state index contributed by atoms with van der Waals surface area (Å²) in [6.45, 7) is 3.85. The van der Waals surface area contributed by atoms with Crippen molar-refractivity contribution < 1.29 is 4.74 Å². The van der Waals surface area contributed by atoms with Crippen molar-refractivity contribution in [1.82, 2.24) is 19.9 Å². The average Bonchev–Trinajstić information content (AvgIpc) is 2.85. The van der Waals surface area contributed by atoms with Gasteiger partial charge in [-0.25, -0.2) is 9.97 Å². The molecule has 108 valence electrons. The monoisotopic (exact) mass is 301 g/mol. The van der Waals surface area contributed by atoms with Gasteiger partial charge in [-0.1, -0.05) is 12.1 Å². The first kappa shape index (κ1) is 13.7. The van der Waals surface area contributed by atoms with Gasteiger partial charge in [0.05, 0.1) is 17.1 Å². The fraction of sp³-hybridized carbons (Fsp3) is 0.214. The van der Waals surface area contributed by atoms with Gasteiger partial charge in [0, 0.05) is 0 Å². The fourth-order valence-electron chi connectivity index (χ4n) is 1.83. The number of hydrogen-bond donors (Lipinski definition) is 2. The minimum absolute atomic E-state index is 0.00579. The second-order valence-corrected chi connectivity index (χ2v) is 5.70. The number of nitrogens with one attached hydrogen (secondary N) is 1. The third kappa shape index (κ3) is 2.92. The molecule has 0 aliphatic heterocycles. The zero-order chi connectivity index (χ0) is 14.8. The summed E-state index contributed by atoms with van der Waals surface area (Å²) < 4.78 is 5.56. The normalized spacial score (nSPS) is 11.2. The van der Waals surface area contributed by atoms with E-state index in [1.54, 1.807) is 0 Å². The number of aromatic nitrogens is 4. The molecule has 3 rings (SSSR count). The first-order valence-corrected chi connectivity index (χ1v) is 7.35. The van der Waals surface area contributed by atoms with Crippen molar-refractivity contribution in [3.05, 3.63) is 30.6 Å². The topological polar surface area (TPSA) is 89.7 Å². The van der Waals surface area contributed by atoms with Crippen LogP contribution in [0.2, 0.25) is 0 Å². The van der Waals surface area contributed by atoms with Crippen LogP contribution in [-0.2, 0) is 0 Å². The molecule has 0 amide bonds. The number of fused-ring (bicyclic) bond motifs is 1. The first-order valence-electron chi connectivity index (χ1n) is 6.53. The molecule has 0 saturated heterocycles. The maximum absolute atomic E-state index is 6.06. The van der Waals surface area contributed by atoms with Crippen LogP contribution in [0.25, 0.3) is 11.0 Å². The van der Waals surface area contributed by atoms with E-state index >= 15 is 0 Å². The Morgan fingerprint density at radius 1 is 1.24 bits per heavy atom. The number of aromatic amines is 1. The van der Waals surface area contributed by atoms with Crippen LogP contribution in [0.4, 0.5) is 5.69 Å². The maximum Gasteiger partial charge on any atom is 0.241 e. The number of benzene rings is 1. The van der Waals surface area contributed by atoms with Gasteiger partial charge in [-0.15, -0.1) is 0 Å². The van der Waals surface area contributed by atoms with Gasteiger partial charge in [-0.3, -0.25) is 0 Å². The van der Waals surface area contributed by atoms with E-state index in [2.05, 4.69) is 19.9 Å². The molecule has 0 spiro atoms. The Kier molecular flexibility index (Phi) is 3.66. The number of anilines is 1. The van der Waals surface area contributed by atoms with Crippen molar-refractivity contribution in [1.29, 1.82) is 0 Å². The van der Waals surface area contributed by atoms with Gasteiger partial charge < -0.3 is 15.5 Å². The van der Waals surface area contributed by atoms with Crippen molar-refractivity contribution in [3.8, 4) is 5.88 Å². The largest absolute Gasteiger partial charge is 0.473 e. The van der Waals surface area contributed by atoms with Crippen LogP contribution in [0.1, 0.15) is 13.8 Å². The fourth-order valence-corrected chi connectivity index (χ4v) is 2.62. The van der Waals surface area contributed by atoms with E-state index in [0.29, 0.717) is 16.6 Å². The number of hydrogen-bond acceptors (Lipinski definition) is 6. The molecule has 0 bridgehead atoms.